The highest BCUT2D eigenvalue weighted by Gasteiger charge is 2.26. The number of hydrogen-bond acceptors (Lipinski definition) is 5. The van der Waals surface area contributed by atoms with Gasteiger partial charge in [-0.05, 0) is 25.0 Å². The van der Waals surface area contributed by atoms with E-state index in [0.29, 0.717) is 31.5 Å². The summed E-state index contributed by atoms with van der Waals surface area (Å²) in [5.74, 6) is 0.561. The lowest BCUT2D eigenvalue weighted by atomic mass is 9.96. The van der Waals surface area contributed by atoms with Crippen LogP contribution in [0.1, 0.15) is 18.4 Å². The van der Waals surface area contributed by atoms with Gasteiger partial charge in [0.15, 0.2) is 0 Å². The Bertz CT molecular complexity index is 814. The molecule has 1 fully saturated rings. The molecule has 7 heteroatoms. The van der Waals surface area contributed by atoms with Crippen LogP contribution in [-0.4, -0.2) is 29.0 Å². The number of amides is 1. The van der Waals surface area contributed by atoms with Crippen LogP contribution >= 0.6 is 0 Å². The predicted molar refractivity (Wildman–Crippen MR) is 89.6 cm³/mol. The van der Waals surface area contributed by atoms with E-state index in [1.165, 1.54) is 18.5 Å². The van der Waals surface area contributed by atoms with Crippen molar-refractivity contribution in [2.24, 2.45) is 5.92 Å². The number of aromatic nitrogens is 2. The molecule has 0 aromatic carbocycles. The molecule has 0 radical (unpaired) electrons. The van der Waals surface area contributed by atoms with Crippen molar-refractivity contribution >= 4 is 17.4 Å². The van der Waals surface area contributed by atoms with Gasteiger partial charge in [0.05, 0.1) is 5.56 Å². The summed E-state index contributed by atoms with van der Waals surface area (Å²) in [5.41, 5.74) is 0.598. The third-order valence-electron chi connectivity index (χ3n) is 4.15. The second kappa shape index (κ2) is 6.96. The molecule has 24 heavy (non-hydrogen) atoms. The monoisotopic (exact) mass is 323 g/mol. The van der Waals surface area contributed by atoms with Gasteiger partial charge in [-0.15, -0.1) is 0 Å². The molecular formula is C17H17N5O2. The standard InChI is InChI=1S/C17H17N5O2/c18-9-12-1-2-16(20-10-12)22-7-4-13(5-8-22)17(24)21-14-11-19-6-3-15(14)23/h1-3,6,10-11,13H,4-5,7-8H2,(H,19,23)(H,21,24). The van der Waals surface area contributed by atoms with Crippen molar-refractivity contribution in [2.75, 3.05) is 23.3 Å². The largest absolute Gasteiger partial charge is 0.366 e. The topological polar surface area (TPSA) is 102 Å². The Hall–Kier alpha value is -3.14. The van der Waals surface area contributed by atoms with Gasteiger partial charge in [0, 0.05) is 43.7 Å². The van der Waals surface area contributed by atoms with Crippen LogP contribution < -0.4 is 15.6 Å². The highest BCUT2D eigenvalue weighted by Crippen LogP contribution is 2.22. The van der Waals surface area contributed by atoms with Crippen LogP contribution in [0.2, 0.25) is 0 Å². The molecule has 0 unspecified atom stereocenters. The first-order valence-electron chi connectivity index (χ1n) is 7.76. The van der Waals surface area contributed by atoms with Gasteiger partial charge in [0.2, 0.25) is 11.3 Å². The second-order valence-corrected chi connectivity index (χ2v) is 5.69. The summed E-state index contributed by atoms with van der Waals surface area (Å²) in [5, 5.41) is 11.5. The van der Waals surface area contributed by atoms with E-state index in [2.05, 4.69) is 20.2 Å². The summed E-state index contributed by atoms with van der Waals surface area (Å²) < 4.78 is 0. The van der Waals surface area contributed by atoms with Gasteiger partial charge in [0.1, 0.15) is 17.6 Å². The van der Waals surface area contributed by atoms with E-state index < -0.39 is 0 Å². The third kappa shape index (κ3) is 3.43. The molecule has 0 atom stereocenters. The molecule has 2 N–H and O–H groups in total. The minimum Gasteiger partial charge on any atom is -0.366 e. The maximum Gasteiger partial charge on any atom is 0.227 e. The number of anilines is 2. The number of aromatic amines is 1. The van der Waals surface area contributed by atoms with Crippen molar-refractivity contribution in [1.82, 2.24) is 9.97 Å². The Kier molecular flexibility index (Phi) is 4.57. The van der Waals surface area contributed by atoms with E-state index in [-0.39, 0.29) is 22.9 Å². The minimum atomic E-state index is -0.207. The third-order valence-corrected chi connectivity index (χ3v) is 4.15. The lowest BCUT2D eigenvalue weighted by Gasteiger charge is -2.32. The van der Waals surface area contributed by atoms with Crippen molar-refractivity contribution in [3.05, 3.63) is 52.6 Å². The average Bonchev–Trinajstić information content (AvgIpc) is 2.64. The minimum absolute atomic E-state index is 0.126. The van der Waals surface area contributed by atoms with Gasteiger partial charge in [0.25, 0.3) is 0 Å². The summed E-state index contributed by atoms with van der Waals surface area (Å²) in [6.45, 7) is 1.42. The van der Waals surface area contributed by atoms with Gasteiger partial charge in [-0.2, -0.15) is 5.26 Å². The number of carbonyl (C=O) groups excluding carboxylic acids is 1. The Morgan fingerprint density at radius 1 is 1.33 bits per heavy atom. The van der Waals surface area contributed by atoms with Gasteiger partial charge >= 0.3 is 0 Å². The number of nitriles is 1. The zero-order chi connectivity index (χ0) is 16.9. The van der Waals surface area contributed by atoms with Crippen molar-refractivity contribution in [3.63, 3.8) is 0 Å². The summed E-state index contributed by atoms with van der Waals surface area (Å²) >= 11 is 0. The summed E-state index contributed by atoms with van der Waals surface area (Å²) in [7, 11) is 0. The van der Waals surface area contributed by atoms with Gasteiger partial charge in [-0.3, -0.25) is 9.59 Å². The summed E-state index contributed by atoms with van der Waals surface area (Å²) in [6.07, 6.45) is 5.96. The van der Waals surface area contributed by atoms with Crippen LogP contribution in [0.25, 0.3) is 0 Å². The van der Waals surface area contributed by atoms with E-state index in [1.807, 2.05) is 12.1 Å². The van der Waals surface area contributed by atoms with Crippen molar-refractivity contribution < 1.29 is 4.79 Å². The molecule has 1 amide bonds. The number of piperidine rings is 1. The SMILES string of the molecule is N#Cc1ccc(N2CCC(C(=O)Nc3c[nH]ccc3=O)CC2)nc1. The first-order chi connectivity index (χ1) is 11.7. The number of H-pyrrole nitrogens is 1. The number of pyridine rings is 2. The van der Waals surface area contributed by atoms with E-state index in [4.69, 9.17) is 5.26 Å². The molecular weight excluding hydrogens is 306 g/mol. The molecule has 0 aliphatic carbocycles. The molecule has 2 aromatic heterocycles. The molecule has 0 spiro atoms. The van der Waals surface area contributed by atoms with E-state index in [0.717, 1.165) is 5.82 Å². The van der Waals surface area contributed by atoms with Gasteiger partial charge in [-0.25, -0.2) is 4.98 Å². The number of hydrogen-bond donors (Lipinski definition) is 2. The average molecular weight is 323 g/mol. The summed E-state index contributed by atoms with van der Waals surface area (Å²) in [4.78, 5) is 33.1. The number of rotatable bonds is 3. The van der Waals surface area contributed by atoms with Crippen LogP contribution in [-0.2, 0) is 4.79 Å². The number of nitrogens with one attached hydrogen (secondary N) is 2. The first-order valence-corrected chi connectivity index (χ1v) is 7.76. The van der Waals surface area contributed by atoms with Crippen LogP contribution in [0, 0.1) is 17.2 Å². The Balaban J connectivity index is 1.58. The molecule has 2 aromatic rings. The molecule has 0 saturated carbocycles. The van der Waals surface area contributed by atoms with Crippen LogP contribution in [0.3, 0.4) is 0 Å². The van der Waals surface area contributed by atoms with Crippen molar-refractivity contribution in [1.29, 1.82) is 5.26 Å². The number of nitrogens with zero attached hydrogens (tertiary/aromatic N) is 3. The zero-order valence-electron chi connectivity index (χ0n) is 13.0. The molecule has 1 aliphatic rings. The molecule has 3 heterocycles. The van der Waals surface area contributed by atoms with E-state index in [1.54, 1.807) is 12.3 Å². The van der Waals surface area contributed by atoms with Crippen LogP contribution in [0.15, 0.2) is 41.6 Å². The fourth-order valence-electron chi connectivity index (χ4n) is 2.76. The zero-order valence-corrected chi connectivity index (χ0v) is 13.0. The highest BCUT2D eigenvalue weighted by molar-refractivity contribution is 5.92. The van der Waals surface area contributed by atoms with Crippen LogP contribution in [0.5, 0.6) is 0 Å². The molecule has 3 rings (SSSR count). The highest BCUT2D eigenvalue weighted by atomic mass is 16.2. The number of carbonyl (C=O) groups is 1. The fraction of sp³-hybridized carbons (Fsp3) is 0.294. The molecule has 0 bridgehead atoms. The predicted octanol–water partition coefficient (Wildman–Crippen LogP) is 1.50. The smallest absolute Gasteiger partial charge is 0.227 e. The normalized spacial score (nSPS) is 14.9. The molecule has 7 nitrogen and oxygen atoms in total. The molecule has 1 aliphatic heterocycles. The quantitative estimate of drug-likeness (QED) is 0.891. The van der Waals surface area contributed by atoms with E-state index >= 15 is 0 Å². The lowest BCUT2D eigenvalue weighted by Crippen LogP contribution is -2.39. The second-order valence-electron chi connectivity index (χ2n) is 5.69. The first kappa shape index (κ1) is 15.7. The Morgan fingerprint density at radius 3 is 2.75 bits per heavy atom. The maximum atomic E-state index is 12.3. The van der Waals surface area contributed by atoms with Crippen molar-refractivity contribution in [3.8, 4) is 6.07 Å². The van der Waals surface area contributed by atoms with Crippen LogP contribution in [0.4, 0.5) is 11.5 Å². The Morgan fingerprint density at radius 2 is 2.12 bits per heavy atom. The maximum absolute atomic E-state index is 12.3. The van der Waals surface area contributed by atoms with Crippen molar-refractivity contribution in [2.45, 2.75) is 12.8 Å². The molecule has 122 valence electrons. The van der Waals surface area contributed by atoms with E-state index in [9.17, 15) is 9.59 Å². The summed E-state index contributed by atoms with van der Waals surface area (Å²) in [6, 6.07) is 6.99. The van der Waals surface area contributed by atoms with Gasteiger partial charge < -0.3 is 15.2 Å². The lowest BCUT2D eigenvalue weighted by molar-refractivity contribution is -0.120. The molecule has 1 saturated heterocycles. The Labute approximate surface area is 139 Å². The fourth-order valence-corrected chi connectivity index (χ4v) is 2.76. The van der Waals surface area contributed by atoms with Gasteiger partial charge in [-0.1, -0.05) is 0 Å².